The average Bonchev–Trinajstić information content (AvgIpc) is 2.24. The Balaban J connectivity index is 3.34. The van der Waals surface area contributed by atoms with Crippen LogP contribution in [0.2, 0.25) is 0 Å². The van der Waals surface area contributed by atoms with Gasteiger partial charge in [-0.1, -0.05) is 22.9 Å². The summed E-state index contributed by atoms with van der Waals surface area (Å²) in [6, 6.07) is 1.72. The van der Waals surface area contributed by atoms with Crippen LogP contribution in [0.5, 0.6) is 11.5 Å². The first-order valence-electron chi connectivity index (χ1n) is 5.02. The molecule has 1 rings (SSSR count). The maximum Gasteiger partial charge on any atom is 0.161 e. The molecular formula is C12H15BrO3. The number of halogens is 1. The number of carbonyl (C=O) groups excluding carboxylic acids is 1. The minimum atomic E-state index is -0.0242. The van der Waals surface area contributed by atoms with Crippen LogP contribution in [0.3, 0.4) is 0 Å². The Morgan fingerprint density at radius 2 is 2.25 bits per heavy atom. The summed E-state index contributed by atoms with van der Waals surface area (Å²) in [6.07, 6.45) is 1.24. The van der Waals surface area contributed by atoms with E-state index in [2.05, 4.69) is 15.9 Å². The molecule has 3 nitrogen and oxygen atoms in total. The summed E-state index contributed by atoms with van der Waals surface area (Å²) in [5.74, 6) is 0.520. The summed E-state index contributed by atoms with van der Waals surface area (Å²) in [7, 11) is 1.50. The lowest BCUT2D eigenvalue weighted by molar-refractivity contribution is -0.108. The zero-order chi connectivity index (χ0) is 12.3. The molecule has 88 valence electrons. The molecule has 1 aromatic rings. The molecule has 0 radical (unpaired) electrons. The highest BCUT2D eigenvalue weighted by Gasteiger charge is 2.19. The minimum absolute atomic E-state index is 0.0242. The molecule has 0 aliphatic rings. The number of methoxy groups -OCH3 is 1. The van der Waals surface area contributed by atoms with E-state index < -0.39 is 0 Å². The Kier molecular flexibility index (Phi) is 4.35. The highest BCUT2D eigenvalue weighted by atomic mass is 79.9. The zero-order valence-electron chi connectivity index (χ0n) is 9.58. The van der Waals surface area contributed by atoms with Crippen molar-refractivity contribution in [3.63, 3.8) is 0 Å². The number of hydrogen-bond donors (Lipinski definition) is 1. The molecule has 0 spiro atoms. The van der Waals surface area contributed by atoms with Crippen LogP contribution in [0.25, 0.3) is 0 Å². The van der Waals surface area contributed by atoms with E-state index in [1.54, 1.807) is 6.07 Å². The zero-order valence-corrected chi connectivity index (χ0v) is 11.2. The lowest BCUT2D eigenvalue weighted by Crippen LogP contribution is -2.00. The molecule has 1 unspecified atom stereocenters. The van der Waals surface area contributed by atoms with Crippen molar-refractivity contribution in [3.05, 3.63) is 21.7 Å². The van der Waals surface area contributed by atoms with Crippen molar-refractivity contribution >= 4 is 22.2 Å². The highest BCUT2D eigenvalue weighted by Crippen LogP contribution is 2.41. The topological polar surface area (TPSA) is 46.5 Å². The molecule has 1 atom stereocenters. The molecule has 1 aromatic carbocycles. The van der Waals surface area contributed by atoms with Crippen LogP contribution >= 0.6 is 15.9 Å². The fourth-order valence-electron chi connectivity index (χ4n) is 1.75. The van der Waals surface area contributed by atoms with E-state index in [0.717, 1.165) is 21.9 Å². The largest absolute Gasteiger partial charge is 0.504 e. The van der Waals surface area contributed by atoms with E-state index in [4.69, 9.17) is 4.74 Å². The van der Waals surface area contributed by atoms with Gasteiger partial charge in [-0.3, -0.25) is 0 Å². The molecule has 0 aromatic heterocycles. The van der Waals surface area contributed by atoms with Crippen LogP contribution < -0.4 is 4.74 Å². The first-order chi connectivity index (χ1) is 7.52. The van der Waals surface area contributed by atoms with Gasteiger partial charge in [0.2, 0.25) is 0 Å². The molecule has 16 heavy (non-hydrogen) atoms. The van der Waals surface area contributed by atoms with Crippen LogP contribution in [0, 0.1) is 6.92 Å². The van der Waals surface area contributed by atoms with Crippen LogP contribution in [0.4, 0.5) is 0 Å². The summed E-state index contributed by atoms with van der Waals surface area (Å²) in [5.41, 5.74) is 1.70. The highest BCUT2D eigenvalue weighted by molar-refractivity contribution is 9.10. The number of ether oxygens (including phenoxy) is 1. The SMILES string of the molecule is COc1cc(Br)c(C)c(C(C)CC=O)c1O. The average molecular weight is 287 g/mol. The standard InChI is InChI=1S/C12H15BrO3/c1-7(4-5-14)11-8(2)9(13)6-10(16-3)12(11)15/h5-7,15H,4H2,1-3H3. The maximum atomic E-state index is 10.5. The number of aldehydes is 1. The summed E-state index contributed by atoms with van der Waals surface area (Å²) in [5, 5.41) is 10.0. The van der Waals surface area contributed by atoms with Crippen molar-refractivity contribution in [1.29, 1.82) is 0 Å². The van der Waals surface area contributed by atoms with Crippen LogP contribution in [-0.4, -0.2) is 18.5 Å². The van der Waals surface area contributed by atoms with Crippen molar-refractivity contribution in [2.45, 2.75) is 26.2 Å². The molecule has 0 fully saturated rings. The lowest BCUT2D eigenvalue weighted by Gasteiger charge is -2.17. The number of phenolic OH excluding ortho intramolecular Hbond substituents is 1. The fraction of sp³-hybridized carbons (Fsp3) is 0.417. The van der Waals surface area contributed by atoms with E-state index in [9.17, 15) is 9.90 Å². The Bertz CT molecular complexity index is 402. The van der Waals surface area contributed by atoms with Gasteiger partial charge in [0.1, 0.15) is 6.29 Å². The lowest BCUT2D eigenvalue weighted by atomic mass is 9.93. The molecule has 0 aliphatic carbocycles. The number of hydrogen-bond acceptors (Lipinski definition) is 3. The van der Waals surface area contributed by atoms with Gasteiger partial charge in [0, 0.05) is 16.5 Å². The Morgan fingerprint density at radius 1 is 1.62 bits per heavy atom. The quantitative estimate of drug-likeness (QED) is 0.865. The van der Waals surface area contributed by atoms with Gasteiger partial charge >= 0.3 is 0 Å². The summed E-state index contributed by atoms with van der Waals surface area (Å²) < 4.78 is 5.95. The number of benzene rings is 1. The summed E-state index contributed by atoms with van der Waals surface area (Å²) >= 11 is 3.41. The first-order valence-corrected chi connectivity index (χ1v) is 5.81. The molecule has 0 amide bonds. The van der Waals surface area contributed by atoms with Crippen LogP contribution in [0.1, 0.15) is 30.4 Å². The normalized spacial score (nSPS) is 12.2. The molecule has 1 N–H and O–H groups in total. The first kappa shape index (κ1) is 13.0. The van der Waals surface area contributed by atoms with E-state index >= 15 is 0 Å². The third kappa shape index (κ3) is 2.38. The predicted molar refractivity (Wildman–Crippen MR) is 66.2 cm³/mol. The minimum Gasteiger partial charge on any atom is -0.504 e. The summed E-state index contributed by atoms with van der Waals surface area (Å²) in [6.45, 7) is 3.81. The Morgan fingerprint density at radius 3 is 2.75 bits per heavy atom. The van der Waals surface area contributed by atoms with E-state index in [1.807, 2.05) is 13.8 Å². The Hall–Kier alpha value is -1.03. The number of carbonyl (C=O) groups is 1. The van der Waals surface area contributed by atoms with Gasteiger partial charge in [0.25, 0.3) is 0 Å². The third-order valence-electron chi connectivity index (χ3n) is 2.67. The van der Waals surface area contributed by atoms with E-state index in [1.165, 1.54) is 7.11 Å². The molecule has 0 heterocycles. The van der Waals surface area contributed by atoms with Crippen molar-refractivity contribution in [2.24, 2.45) is 0 Å². The van der Waals surface area contributed by atoms with Gasteiger partial charge in [-0.25, -0.2) is 0 Å². The van der Waals surface area contributed by atoms with Gasteiger partial charge in [0.15, 0.2) is 11.5 Å². The van der Waals surface area contributed by atoms with Gasteiger partial charge in [-0.05, 0) is 24.5 Å². The predicted octanol–water partition coefficient (Wildman–Crippen LogP) is 3.16. The molecule has 0 saturated carbocycles. The van der Waals surface area contributed by atoms with Gasteiger partial charge in [-0.15, -0.1) is 0 Å². The second-order valence-electron chi connectivity index (χ2n) is 3.75. The molecular weight excluding hydrogens is 272 g/mol. The summed E-state index contributed by atoms with van der Waals surface area (Å²) in [4.78, 5) is 10.5. The smallest absolute Gasteiger partial charge is 0.161 e. The second kappa shape index (κ2) is 5.34. The van der Waals surface area contributed by atoms with Gasteiger partial charge < -0.3 is 14.6 Å². The number of rotatable bonds is 4. The molecule has 0 aliphatic heterocycles. The van der Waals surface area contributed by atoms with E-state index in [0.29, 0.717) is 12.2 Å². The Labute approximate surface area is 104 Å². The van der Waals surface area contributed by atoms with Gasteiger partial charge in [-0.2, -0.15) is 0 Å². The number of phenols is 1. The molecule has 0 saturated heterocycles. The van der Waals surface area contributed by atoms with Gasteiger partial charge in [0.05, 0.1) is 7.11 Å². The maximum absolute atomic E-state index is 10.5. The molecule has 4 heteroatoms. The van der Waals surface area contributed by atoms with Crippen molar-refractivity contribution in [2.75, 3.05) is 7.11 Å². The number of aromatic hydroxyl groups is 1. The fourth-order valence-corrected chi connectivity index (χ4v) is 2.17. The van der Waals surface area contributed by atoms with Crippen molar-refractivity contribution in [3.8, 4) is 11.5 Å². The second-order valence-corrected chi connectivity index (χ2v) is 4.61. The van der Waals surface area contributed by atoms with Crippen LogP contribution in [-0.2, 0) is 4.79 Å². The van der Waals surface area contributed by atoms with Crippen molar-refractivity contribution < 1.29 is 14.6 Å². The van der Waals surface area contributed by atoms with Crippen LogP contribution in [0.15, 0.2) is 10.5 Å². The molecule has 0 bridgehead atoms. The third-order valence-corrected chi connectivity index (χ3v) is 3.49. The monoisotopic (exact) mass is 286 g/mol. The van der Waals surface area contributed by atoms with E-state index in [-0.39, 0.29) is 11.7 Å². The van der Waals surface area contributed by atoms with Crippen molar-refractivity contribution in [1.82, 2.24) is 0 Å².